The number of aromatic nitrogens is 3. The van der Waals surface area contributed by atoms with Crippen LogP contribution in [0.15, 0.2) is 12.3 Å². The van der Waals surface area contributed by atoms with Crippen LogP contribution in [-0.4, -0.2) is 65.1 Å². The van der Waals surface area contributed by atoms with Gasteiger partial charge in [0, 0.05) is 26.4 Å². The van der Waals surface area contributed by atoms with E-state index < -0.39 is 5.97 Å². The van der Waals surface area contributed by atoms with E-state index >= 15 is 0 Å². The molecule has 124 valence electrons. The first-order valence-electron chi connectivity index (χ1n) is 7.18. The van der Waals surface area contributed by atoms with Crippen molar-refractivity contribution in [1.29, 1.82) is 0 Å². The van der Waals surface area contributed by atoms with Gasteiger partial charge in [-0.05, 0) is 17.7 Å². The molecule has 0 aromatic carbocycles. The Kier molecular flexibility index (Phi) is 4.65. The van der Waals surface area contributed by atoms with E-state index in [1.807, 2.05) is 4.90 Å². The number of methoxy groups -OCH3 is 1. The molecule has 2 aromatic rings. The van der Waals surface area contributed by atoms with E-state index in [4.69, 9.17) is 26.2 Å². The summed E-state index contributed by atoms with van der Waals surface area (Å²) >= 11 is 6.03. The quantitative estimate of drug-likeness (QED) is 0.813. The van der Waals surface area contributed by atoms with Crippen LogP contribution in [0.25, 0.3) is 11.0 Å². The zero-order valence-corrected chi connectivity index (χ0v) is 13.4. The number of nitrogens with zero attached hydrogens (tertiary/aromatic N) is 4. The molecule has 9 heteroatoms. The molecule has 0 aliphatic carbocycles. The predicted octanol–water partition coefficient (Wildman–Crippen LogP) is 1.02. The topological polar surface area (TPSA) is 89.7 Å². The molecule has 3 heterocycles. The zero-order valence-electron chi connectivity index (χ0n) is 12.6. The number of aliphatic carboxylic acids is 1. The van der Waals surface area contributed by atoms with Crippen molar-refractivity contribution in [1.82, 2.24) is 14.5 Å². The number of carboxylic acid groups (broad SMARTS) is 1. The Morgan fingerprint density at radius 1 is 1.57 bits per heavy atom. The molecular formula is C14H17ClN4O4. The third-order valence-electron chi connectivity index (χ3n) is 3.66. The van der Waals surface area contributed by atoms with Gasteiger partial charge < -0.3 is 24.0 Å². The molecule has 1 saturated heterocycles. The second-order valence-electron chi connectivity index (χ2n) is 5.28. The van der Waals surface area contributed by atoms with Crippen molar-refractivity contribution in [2.45, 2.75) is 12.6 Å². The van der Waals surface area contributed by atoms with E-state index in [-0.39, 0.29) is 17.9 Å². The largest absolute Gasteiger partial charge is 0.480 e. The highest BCUT2D eigenvalue weighted by Crippen LogP contribution is 2.28. The smallest absolute Gasteiger partial charge is 0.323 e. The number of morpholine rings is 1. The third kappa shape index (κ3) is 3.39. The number of fused-ring (bicyclic) bond motifs is 1. The Morgan fingerprint density at radius 3 is 3.13 bits per heavy atom. The summed E-state index contributed by atoms with van der Waals surface area (Å²) in [5.74, 6) is -0.307. The van der Waals surface area contributed by atoms with Crippen molar-refractivity contribution in [3.05, 3.63) is 17.5 Å². The van der Waals surface area contributed by atoms with Gasteiger partial charge in [0.25, 0.3) is 0 Å². The Labute approximate surface area is 137 Å². The second kappa shape index (κ2) is 6.69. The van der Waals surface area contributed by atoms with E-state index in [0.29, 0.717) is 43.2 Å². The second-order valence-corrected chi connectivity index (χ2v) is 5.62. The van der Waals surface area contributed by atoms with Crippen LogP contribution in [0, 0.1) is 0 Å². The summed E-state index contributed by atoms with van der Waals surface area (Å²) in [6, 6.07) is 1.74. The Hall–Kier alpha value is -1.90. The van der Waals surface area contributed by atoms with Crippen molar-refractivity contribution >= 4 is 34.4 Å². The number of hydrogen-bond donors (Lipinski definition) is 1. The molecule has 1 aliphatic rings. The number of rotatable bonds is 5. The summed E-state index contributed by atoms with van der Waals surface area (Å²) in [5, 5.41) is 9.21. The maximum absolute atomic E-state index is 11.1. The number of hydrogen-bond acceptors (Lipinski definition) is 6. The van der Waals surface area contributed by atoms with Crippen LogP contribution in [-0.2, 0) is 20.8 Å². The maximum atomic E-state index is 11.1. The molecule has 0 amide bonds. The summed E-state index contributed by atoms with van der Waals surface area (Å²) in [6.07, 6.45) is 1.61. The van der Waals surface area contributed by atoms with Crippen molar-refractivity contribution in [2.24, 2.45) is 0 Å². The Bertz CT molecular complexity index is 718. The summed E-state index contributed by atoms with van der Waals surface area (Å²) in [7, 11) is 1.63. The molecule has 1 aliphatic heterocycles. The molecular weight excluding hydrogens is 324 g/mol. The molecule has 0 saturated carbocycles. The first-order valence-corrected chi connectivity index (χ1v) is 7.56. The van der Waals surface area contributed by atoms with Gasteiger partial charge in [0.15, 0.2) is 5.82 Å². The van der Waals surface area contributed by atoms with Crippen molar-refractivity contribution in [2.75, 3.05) is 38.3 Å². The summed E-state index contributed by atoms with van der Waals surface area (Å²) in [6.45, 7) is 2.09. The van der Waals surface area contributed by atoms with Crippen LogP contribution in [0.2, 0.25) is 5.28 Å². The fraction of sp³-hybridized carbons (Fsp3) is 0.500. The van der Waals surface area contributed by atoms with Crippen LogP contribution in [0.4, 0.5) is 5.82 Å². The SMILES string of the molecule is COC[C@@H]1CN(c2nc(Cl)nc3ccn(CC(=O)O)c23)CCO1. The molecule has 1 N–H and O–H groups in total. The molecule has 2 aromatic heterocycles. The van der Waals surface area contributed by atoms with Crippen molar-refractivity contribution in [3.63, 3.8) is 0 Å². The van der Waals surface area contributed by atoms with Crippen molar-refractivity contribution in [3.8, 4) is 0 Å². The van der Waals surface area contributed by atoms with E-state index in [9.17, 15) is 4.79 Å². The molecule has 1 atom stereocenters. The Morgan fingerprint density at radius 2 is 2.39 bits per heavy atom. The van der Waals surface area contributed by atoms with Gasteiger partial charge in [0.2, 0.25) is 5.28 Å². The van der Waals surface area contributed by atoms with E-state index in [0.717, 1.165) is 0 Å². The molecule has 1 fully saturated rings. The minimum atomic E-state index is -0.928. The Balaban J connectivity index is 2.01. The summed E-state index contributed by atoms with van der Waals surface area (Å²) in [4.78, 5) is 21.6. The lowest BCUT2D eigenvalue weighted by molar-refractivity contribution is -0.137. The molecule has 0 radical (unpaired) electrons. The molecule has 23 heavy (non-hydrogen) atoms. The fourth-order valence-electron chi connectivity index (χ4n) is 2.76. The summed E-state index contributed by atoms with van der Waals surface area (Å²) < 4.78 is 12.4. The standard InChI is InChI=1S/C14H17ClN4O4/c1-22-8-9-6-19(4-5-23-9)13-12-10(16-14(15)17-13)2-3-18(12)7-11(20)21/h2-3,9H,4-8H2,1H3,(H,20,21)/t9-/m0/s1. The van der Waals surface area contributed by atoms with Gasteiger partial charge in [0.1, 0.15) is 12.1 Å². The number of anilines is 1. The lowest BCUT2D eigenvalue weighted by Crippen LogP contribution is -2.45. The highest BCUT2D eigenvalue weighted by Gasteiger charge is 2.25. The van der Waals surface area contributed by atoms with E-state index in [1.165, 1.54) is 0 Å². The predicted molar refractivity (Wildman–Crippen MR) is 84.0 cm³/mol. The number of carboxylic acids is 1. The molecule has 0 bridgehead atoms. The van der Waals surface area contributed by atoms with Gasteiger partial charge in [0.05, 0.1) is 24.8 Å². The van der Waals surface area contributed by atoms with Gasteiger partial charge in [-0.1, -0.05) is 0 Å². The number of ether oxygens (including phenoxy) is 2. The minimum Gasteiger partial charge on any atom is -0.480 e. The van der Waals surface area contributed by atoms with Gasteiger partial charge in [-0.15, -0.1) is 0 Å². The maximum Gasteiger partial charge on any atom is 0.323 e. The lowest BCUT2D eigenvalue weighted by atomic mass is 10.2. The van der Waals surface area contributed by atoms with Gasteiger partial charge >= 0.3 is 5.97 Å². The van der Waals surface area contributed by atoms with Crippen LogP contribution in [0.3, 0.4) is 0 Å². The third-order valence-corrected chi connectivity index (χ3v) is 3.83. The minimum absolute atomic E-state index is 0.0690. The highest BCUT2D eigenvalue weighted by atomic mass is 35.5. The van der Waals surface area contributed by atoms with Crippen LogP contribution >= 0.6 is 11.6 Å². The molecule has 3 rings (SSSR count). The monoisotopic (exact) mass is 340 g/mol. The molecule has 8 nitrogen and oxygen atoms in total. The summed E-state index contributed by atoms with van der Waals surface area (Å²) in [5.41, 5.74) is 1.28. The van der Waals surface area contributed by atoms with E-state index in [2.05, 4.69) is 9.97 Å². The zero-order chi connectivity index (χ0) is 16.4. The van der Waals surface area contributed by atoms with Gasteiger partial charge in [-0.3, -0.25) is 4.79 Å². The van der Waals surface area contributed by atoms with Crippen LogP contribution < -0.4 is 4.90 Å². The van der Waals surface area contributed by atoms with E-state index in [1.54, 1.807) is 23.9 Å². The van der Waals surface area contributed by atoms with Gasteiger partial charge in [-0.25, -0.2) is 4.98 Å². The first kappa shape index (κ1) is 16.0. The average molecular weight is 341 g/mol. The number of halogens is 1. The van der Waals surface area contributed by atoms with Crippen molar-refractivity contribution < 1.29 is 19.4 Å². The lowest BCUT2D eigenvalue weighted by Gasteiger charge is -2.33. The van der Waals surface area contributed by atoms with Crippen LogP contribution in [0.5, 0.6) is 0 Å². The fourth-order valence-corrected chi connectivity index (χ4v) is 2.93. The number of carbonyl (C=O) groups is 1. The van der Waals surface area contributed by atoms with Gasteiger partial charge in [-0.2, -0.15) is 4.98 Å². The molecule has 0 spiro atoms. The average Bonchev–Trinajstić information content (AvgIpc) is 2.89. The first-order chi connectivity index (χ1) is 11.1. The highest BCUT2D eigenvalue weighted by molar-refractivity contribution is 6.28. The normalized spacial score (nSPS) is 18.5. The van der Waals surface area contributed by atoms with Crippen LogP contribution in [0.1, 0.15) is 0 Å². The molecule has 0 unspecified atom stereocenters.